The molecule has 9 atom stereocenters. The van der Waals surface area contributed by atoms with Crippen molar-refractivity contribution in [2.45, 2.75) is 97.5 Å². The molecular formula is C26H44O3. The molecule has 0 aliphatic heterocycles. The summed E-state index contributed by atoms with van der Waals surface area (Å²) in [6.45, 7) is 7.67. The molecule has 0 aromatic carbocycles. The molecule has 0 heterocycles. The van der Waals surface area contributed by atoms with Gasteiger partial charge in [0, 0.05) is 13.5 Å². The van der Waals surface area contributed by atoms with Crippen molar-refractivity contribution in [3.05, 3.63) is 0 Å². The van der Waals surface area contributed by atoms with Crippen LogP contribution in [0.3, 0.4) is 0 Å². The molecule has 0 N–H and O–H groups in total. The van der Waals surface area contributed by atoms with Crippen LogP contribution in [-0.2, 0) is 14.3 Å². The second kappa shape index (κ2) is 8.17. The maximum absolute atomic E-state index is 11.7. The Morgan fingerprint density at radius 1 is 0.966 bits per heavy atom. The Bertz CT molecular complexity index is 603. The first kappa shape index (κ1) is 21.7. The number of carbonyl (C=O) groups is 1. The zero-order chi connectivity index (χ0) is 20.8. The van der Waals surface area contributed by atoms with Crippen molar-refractivity contribution in [3.63, 3.8) is 0 Å². The van der Waals surface area contributed by atoms with Crippen LogP contribution in [0.1, 0.15) is 91.4 Å². The maximum Gasteiger partial charge on any atom is 0.305 e. The Labute approximate surface area is 178 Å². The summed E-state index contributed by atoms with van der Waals surface area (Å²) in [5.74, 6) is 5.02. The molecule has 4 fully saturated rings. The van der Waals surface area contributed by atoms with Crippen LogP contribution in [-0.4, -0.2) is 26.3 Å². The third kappa shape index (κ3) is 3.58. The lowest BCUT2D eigenvalue weighted by Crippen LogP contribution is -2.54. The Morgan fingerprint density at radius 2 is 1.69 bits per heavy atom. The topological polar surface area (TPSA) is 35.5 Å². The zero-order valence-corrected chi connectivity index (χ0v) is 19.5. The molecular weight excluding hydrogens is 360 g/mol. The predicted molar refractivity (Wildman–Crippen MR) is 116 cm³/mol. The van der Waals surface area contributed by atoms with Gasteiger partial charge < -0.3 is 9.47 Å². The summed E-state index contributed by atoms with van der Waals surface area (Å²) >= 11 is 0. The Balaban J connectivity index is 1.47. The first-order chi connectivity index (χ1) is 13.8. The minimum atomic E-state index is -0.0434. The van der Waals surface area contributed by atoms with Gasteiger partial charge in [-0.15, -0.1) is 0 Å². The van der Waals surface area contributed by atoms with Gasteiger partial charge in [0.2, 0.25) is 0 Å². The summed E-state index contributed by atoms with van der Waals surface area (Å²) in [5, 5.41) is 0. The standard InChI is InChI=1S/C26H44O3/c1-17(6-11-24(27)29-5)21-9-10-22-20-8-7-18-16-19(28-4)12-14-25(18,2)23(20)13-15-26(21,22)3/h17-23H,6-16H2,1-5H3/t17-,18?,19-,20?,21?,22?,23?,25+,26-/m1/s1. The first-order valence-electron chi connectivity index (χ1n) is 12.4. The van der Waals surface area contributed by atoms with Crippen molar-refractivity contribution in [1.29, 1.82) is 0 Å². The fraction of sp³-hybridized carbons (Fsp3) is 0.962. The van der Waals surface area contributed by atoms with Crippen molar-refractivity contribution in [1.82, 2.24) is 0 Å². The molecule has 3 nitrogen and oxygen atoms in total. The predicted octanol–water partition coefficient (Wildman–Crippen LogP) is 6.25. The van der Waals surface area contributed by atoms with Gasteiger partial charge in [-0.3, -0.25) is 4.79 Å². The highest BCUT2D eigenvalue weighted by Gasteiger charge is 2.60. The van der Waals surface area contributed by atoms with Crippen LogP contribution in [0.25, 0.3) is 0 Å². The SMILES string of the molecule is COC(=O)CC[C@@H](C)C1CCC2C3CCC4C[C@H](OC)CC[C@]4(C)C3CC[C@@]21C. The largest absolute Gasteiger partial charge is 0.469 e. The molecule has 4 saturated carbocycles. The van der Waals surface area contributed by atoms with Gasteiger partial charge in [-0.05, 0) is 111 Å². The summed E-state index contributed by atoms with van der Waals surface area (Å²) in [6.07, 6.45) is 14.5. The van der Waals surface area contributed by atoms with Gasteiger partial charge in [-0.1, -0.05) is 20.8 Å². The van der Waals surface area contributed by atoms with Crippen molar-refractivity contribution < 1.29 is 14.3 Å². The molecule has 0 saturated heterocycles. The van der Waals surface area contributed by atoms with Crippen LogP contribution in [0.4, 0.5) is 0 Å². The number of carbonyl (C=O) groups excluding carboxylic acids is 1. The van der Waals surface area contributed by atoms with Gasteiger partial charge in [0.15, 0.2) is 0 Å². The third-order valence-corrected chi connectivity index (χ3v) is 10.7. The van der Waals surface area contributed by atoms with E-state index in [-0.39, 0.29) is 5.97 Å². The molecule has 0 spiro atoms. The second-order valence-corrected chi connectivity index (χ2v) is 11.6. The smallest absolute Gasteiger partial charge is 0.305 e. The highest BCUT2D eigenvalue weighted by molar-refractivity contribution is 5.69. The minimum absolute atomic E-state index is 0.0434. The van der Waals surface area contributed by atoms with Crippen LogP contribution < -0.4 is 0 Å². The molecule has 4 rings (SSSR count). The van der Waals surface area contributed by atoms with E-state index in [1.165, 1.54) is 64.9 Å². The van der Waals surface area contributed by atoms with Gasteiger partial charge in [0.25, 0.3) is 0 Å². The van der Waals surface area contributed by atoms with E-state index < -0.39 is 0 Å². The van der Waals surface area contributed by atoms with Crippen LogP contribution in [0.15, 0.2) is 0 Å². The van der Waals surface area contributed by atoms with Crippen LogP contribution in [0.5, 0.6) is 0 Å². The van der Waals surface area contributed by atoms with E-state index in [1.54, 1.807) is 0 Å². The van der Waals surface area contributed by atoms with E-state index in [2.05, 4.69) is 20.8 Å². The zero-order valence-electron chi connectivity index (χ0n) is 19.5. The lowest BCUT2D eigenvalue weighted by atomic mass is 9.44. The van der Waals surface area contributed by atoms with Crippen molar-refractivity contribution in [2.75, 3.05) is 14.2 Å². The monoisotopic (exact) mass is 404 g/mol. The van der Waals surface area contributed by atoms with E-state index >= 15 is 0 Å². The van der Waals surface area contributed by atoms with Gasteiger partial charge in [0.1, 0.15) is 0 Å². The van der Waals surface area contributed by atoms with E-state index in [4.69, 9.17) is 9.47 Å². The van der Waals surface area contributed by atoms with Gasteiger partial charge >= 0.3 is 5.97 Å². The fourth-order valence-electron chi connectivity index (χ4n) is 9.06. The van der Waals surface area contributed by atoms with E-state index in [0.29, 0.717) is 29.3 Å². The molecule has 0 aromatic rings. The highest BCUT2D eigenvalue weighted by Crippen LogP contribution is 2.68. The highest BCUT2D eigenvalue weighted by atomic mass is 16.5. The quantitative estimate of drug-likeness (QED) is 0.508. The van der Waals surface area contributed by atoms with Crippen molar-refractivity contribution >= 4 is 5.97 Å². The Hall–Kier alpha value is -0.570. The lowest BCUT2D eigenvalue weighted by Gasteiger charge is -2.61. The van der Waals surface area contributed by atoms with Crippen LogP contribution in [0, 0.1) is 46.3 Å². The summed E-state index contributed by atoms with van der Waals surface area (Å²) in [5.41, 5.74) is 1.04. The van der Waals surface area contributed by atoms with E-state index in [9.17, 15) is 4.79 Å². The maximum atomic E-state index is 11.7. The average Bonchev–Trinajstić information content (AvgIpc) is 3.08. The number of rotatable bonds is 5. The summed E-state index contributed by atoms with van der Waals surface area (Å²) in [4.78, 5) is 11.7. The Morgan fingerprint density at radius 3 is 2.41 bits per heavy atom. The van der Waals surface area contributed by atoms with Gasteiger partial charge in [0.05, 0.1) is 13.2 Å². The van der Waals surface area contributed by atoms with E-state index in [1.807, 2.05) is 7.11 Å². The minimum Gasteiger partial charge on any atom is -0.469 e. The van der Waals surface area contributed by atoms with Crippen LogP contribution >= 0.6 is 0 Å². The normalized spacial score (nSPS) is 47.6. The van der Waals surface area contributed by atoms with Crippen LogP contribution in [0.2, 0.25) is 0 Å². The number of fused-ring (bicyclic) bond motifs is 5. The molecule has 4 aliphatic carbocycles. The van der Waals surface area contributed by atoms with Crippen molar-refractivity contribution in [2.24, 2.45) is 46.3 Å². The van der Waals surface area contributed by atoms with E-state index in [0.717, 1.165) is 36.0 Å². The molecule has 166 valence electrons. The lowest BCUT2D eigenvalue weighted by molar-refractivity contribution is -0.141. The molecule has 5 unspecified atom stereocenters. The molecule has 0 bridgehead atoms. The van der Waals surface area contributed by atoms with Gasteiger partial charge in [-0.25, -0.2) is 0 Å². The Kier molecular flexibility index (Phi) is 6.10. The average molecular weight is 405 g/mol. The molecule has 0 amide bonds. The summed E-state index contributed by atoms with van der Waals surface area (Å²) in [7, 11) is 3.42. The molecule has 0 radical (unpaired) electrons. The molecule has 4 aliphatic rings. The summed E-state index contributed by atoms with van der Waals surface area (Å²) < 4.78 is 10.7. The molecule has 3 heteroatoms. The number of hydrogen-bond acceptors (Lipinski definition) is 3. The molecule has 29 heavy (non-hydrogen) atoms. The first-order valence-corrected chi connectivity index (χ1v) is 12.4. The summed E-state index contributed by atoms with van der Waals surface area (Å²) in [6, 6.07) is 0. The number of methoxy groups -OCH3 is 2. The number of esters is 1. The van der Waals surface area contributed by atoms with Crippen molar-refractivity contribution in [3.8, 4) is 0 Å². The fourth-order valence-corrected chi connectivity index (χ4v) is 9.06. The number of ether oxygens (including phenoxy) is 2. The third-order valence-electron chi connectivity index (χ3n) is 10.7. The van der Waals surface area contributed by atoms with Gasteiger partial charge in [-0.2, -0.15) is 0 Å². The second-order valence-electron chi connectivity index (χ2n) is 11.6. The number of hydrogen-bond donors (Lipinski definition) is 0. The molecule has 0 aromatic heterocycles.